The minimum absolute atomic E-state index is 0.108. The Kier molecular flexibility index (Phi) is 5.09. The summed E-state index contributed by atoms with van der Waals surface area (Å²) in [4.78, 5) is 2.37. The monoisotopic (exact) mass is 411 g/mol. The molecule has 1 atom stereocenters. The lowest BCUT2D eigenvalue weighted by Crippen LogP contribution is -2.46. The van der Waals surface area contributed by atoms with Crippen LogP contribution in [0.15, 0.2) is 59.0 Å². The van der Waals surface area contributed by atoms with Crippen molar-refractivity contribution < 1.29 is 13.9 Å². The van der Waals surface area contributed by atoms with E-state index in [-0.39, 0.29) is 6.04 Å². The van der Waals surface area contributed by atoms with Crippen molar-refractivity contribution in [2.45, 2.75) is 24.7 Å². The van der Waals surface area contributed by atoms with Crippen LogP contribution in [-0.2, 0) is 9.47 Å². The number of piperidine rings is 1. The molecule has 1 aromatic heterocycles. The van der Waals surface area contributed by atoms with Crippen molar-refractivity contribution in [1.82, 2.24) is 15.1 Å². The summed E-state index contributed by atoms with van der Waals surface area (Å²) in [6.07, 6.45) is 1.66. The molecule has 0 aliphatic carbocycles. The highest BCUT2D eigenvalue weighted by molar-refractivity contribution is 6.30. The second-order valence-corrected chi connectivity index (χ2v) is 7.85. The summed E-state index contributed by atoms with van der Waals surface area (Å²) in [7, 11) is 0. The minimum Gasteiger partial charge on any atom is -0.419 e. The molecule has 0 N–H and O–H groups in total. The average Bonchev–Trinajstić information content (AvgIpc) is 3.42. The molecule has 6 nitrogen and oxygen atoms in total. The molecule has 3 heterocycles. The van der Waals surface area contributed by atoms with Crippen molar-refractivity contribution in [1.29, 1.82) is 0 Å². The number of halogens is 1. The van der Waals surface area contributed by atoms with Crippen LogP contribution in [0.25, 0.3) is 11.5 Å². The molecule has 150 valence electrons. The predicted molar refractivity (Wildman–Crippen MR) is 108 cm³/mol. The lowest BCUT2D eigenvalue weighted by Gasteiger charge is -2.40. The fraction of sp³-hybridized carbons (Fsp3) is 0.364. The molecule has 2 fully saturated rings. The maximum atomic E-state index is 6.13. The van der Waals surface area contributed by atoms with Gasteiger partial charge in [-0.15, -0.1) is 10.2 Å². The number of likely N-dealkylation sites (tertiary alicyclic amines) is 1. The lowest BCUT2D eigenvalue weighted by molar-refractivity contribution is -0.187. The van der Waals surface area contributed by atoms with Crippen molar-refractivity contribution in [3.8, 4) is 11.5 Å². The topological polar surface area (TPSA) is 60.6 Å². The van der Waals surface area contributed by atoms with Gasteiger partial charge >= 0.3 is 0 Å². The standard InChI is InChI=1S/C22H22ClN3O3/c23-18-8-6-17(7-9-18)20-24-25-21(29-20)19(16-4-2-1-3-5-16)26-12-10-22(11-13-26)27-14-15-28-22/h1-9,19H,10-15H2/t19-/m1/s1. The third-order valence-corrected chi connectivity index (χ3v) is 5.87. The molecule has 3 aromatic rings. The summed E-state index contributed by atoms with van der Waals surface area (Å²) in [6, 6.07) is 17.6. The Morgan fingerprint density at radius 2 is 1.59 bits per heavy atom. The number of hydrogen-bond acceptors (Lipinski definition) is 6. The number of benzene rings is 2. The van der Waals surface area contributed by atoms with Gasteiger partial charge in [0.25, 0.3) is 0 Å². The second kappa shape index (κ2) is 7.88. The molecule has 2 aliphatic heterocycles. The van der Waals surface area contributed by atoms with Crippen molar-refractivity contribution >= 4 is 11.6 Å². The van der Waals surface area contributed by atoms with Gasteiger partial charge in [-0.05, 0) is 29.8 Å². The third-order valence-electron chi connectivity index (χ3n) is 5.62. The van der Waals surface area contributed by atoms with Gasteiger partial charge in [0, 0.05) is 36.5 Å². The summed E-state index contributed by atoms with van der Waals surface area (Å²) < 4.78 is 17.9. The molecule has 0 radical (unpaired) electrons. The number of rotatable bonds is 4. The van der Waals surface area contributed by atoms with Crippen LogP contribution in [0.5, 0.6) is 0 Å². The number of ether oxygens (including phenoxy) is 2. The van der Waals surface area contributed by atoms with E-state index in [1.54, 1.807) is 0 Å². The van der Waals surface area contributed by atoms with Crippen molar-refractivity contribution in [2.75, 3.05) is 26.3 Å². The van der Waals surface area contributed by atoms with Crippen LogP contribution in [0.3, 0.4) is 0 Å². The summed E-state index contributed by atoms with van der Waals surface area (Å²) >= 11 is 5.99. The van der Waals surface area contributed by atoms with E-state index in [1.807, 2.05) is 42.5 Å². The summed E-state index contributed by atoms with van der Waals surface area (Å²) in [5.74, 6) is 0.667. The van der Waals surface area contributed by atoms with Gasteiger partial charge in [0.15, 0.2) is 5.79 Å². The highest BCUT2D eigenvalue weighted by Crippen LogP contribution is 2.37. The quantitative estimate of drug-likeness (QED) is 0.637. The van der Waals surface area contributed by atoms with E-state index in [0.717, 1.165) is 37.1 Å². The Labute approximate surface area is 174 Å². The Bertz CT molecular complexity index is 945. The molecule has 0 saturated carbocycles. The Balaban J connectivity index is 1.43. The van der Waals surface area contributed by atoms with E-state index in [1.165, 1.54) is 0 Å². The first-order chi connectivity index (χ1) is 14.2. The first-order valence-electron chi connectivity index (χ1n) is 9.89. The summed E-state index contributed by atoms with van der Waals surface area (Å²) in [5, 5.41) is 9.37. The molecule has 2 saturated heterocycles. The van der Waals surface area contributed by atoms with Gasteiger partial charge < -0.3 is 13.9 Å². The third kappa shape index (κ3) is 3.81. The second-order valence-electron chi connectivity index (χ2n) is 7.41. The van der Waals surface area contributed by atoms with Crippen LogP contribution in [0.4, 0.5) is 0 Å². The van der Waals surface area contributed by atoms with Gasteiger partial charge in [-0.2, -0.15) is 0 Å². The van der Waals surface area contributed by atoms with Crippen LogP contribution >= 0.6 is 11.6 Å². The Morgan fingerprint density at radius 3 is 2.28 bits per heavy atom. The Morgan fingerprint density at radius 1 is 0.897 bits per heavy atom. The van der Waals surface area contributed by atoms with E-state index in [2.05, 4.69) is 27.2 Å². The van der Waals surface area contributed by atoms with Gasteiger partial charge in [0.05, 0.1) is 13.2 Å². The SMILES string of the molecule is Clc1ccc(-c2nnc([C@@H](c3ccccc3)N3CCC4(CC3)OCCO4)o2)cc1. The highest BCUT2D eigenvalue weighted by Gasteiger charge is 2.42. The van der Waals surface area contributed by atoms with E-state index in [0.29, 0.717) is 30.0 Å². The van der Waals surface area contributed by atoms with Crippen LogP contribution in [0.2, 0.25) is 5.02 Å². The summed E-state index contributed by atoms with van der Waals surface area (Å²) in [6.45, 7) is 3.02. The zero-order chi connectivity index (χ0) is 19.7. The highest BCUT2D eigenvalue weighted by atomic mass is 35.5. The number of nitrogens with zero attached hydrogens (tertiary/aromatic N) is 3. The fourth-order valence-corrected chi connectivity index (χ4v) is 4.23. The molecule has 2 aromatic carbocycles. The smallest absolute Gasteiger partial charge is 0.247 e. The first-order valence-corrected chi connectivity index (χ1v) is 10.3. The van der Waals surface area contributed by atoms with Crippen molar-refractivity contribution in [3.63, 3.8) is 0 Å². The van der Waals surface area contributed by atoms with Crippen molar-refractivity contribution in [2.24, 2.45) is 0 Å². The zero-order valence-corrected chi connectivity index (χ0v) is 16.7. The van der Waals surface area contributed by atoms with Crippen LogP contribution in [0, 0.1) is 0 Å². The molecule has 7 heteroatoms. The lowest BCUT2D eigenvalue weighted by atomic mass is 9.98. The maximum Gasteiger partial charge on any atom is 0.247 e. The van der Waals surface area contributed by atoms with Gasteiger partial charge in [-0.3, -0.25) is 4.90 Å². The normalized spacial score (nSPS) is 20.2. The van der Waals surface area contributed by atoms with E-state index >= 15 is 0 Å². The number of aromatic nitrogens is 2. The first kappa shape index (κ1) is 18.8. The molecule has 0 bridgehead atoms. The predicted octanol–water partition coefficient (Wildman–Crippen LogP) is 4.32. The zero-order valence-electron chi connectivity index (χ0n) is 16.0. The molecule has 29 heavy (non-hydrogen) atoms. The average molecular weight is 412 g/mol. The van der Waals surface area contributed by atoms with Crippen LogP contribution < -0.4 is 0 Å². The summed E-state index contributed by atoms with van der Waals surface area (Å²) in [5.41, 5.74) is 1.98. The Hall–Kier alpha value is -2.25. The minimum atomic E-state index is -0.416. The van der Waals surface area contributed by atoms with Crippen LogP contribution in [0.1, 0.15) is 30.3 Å². The van der Waals surface area contributed by atoms with Crippen LogP contribution in [-0.4, -0.2) is 47.2 Å². The largest absolute Gasteiger partial charge is 0.419 e. The maximum absolute atomic E-state index is 6.13. The molecule has 2 aliphatic rings. The van der Waals surface area contributed by atoms with E-state index < -0.39 is 5.79 Å². The molecule has 0 amide bonds. The van der Waals surface area contributed by atoms with Gasteiger partial charge in [-0.25, -0.2) is 0 Å². The fourth-order valence-electron chi connectivity index (χ4n) is 4.11. The van der Waals surface area contributed by atoms with E-state index in [9.17, 15) is 0 Å². The van der Waals surface area contributed by atoms with Gasteiger partial charge in [0.1, 0.15) is 6.04 Å². The van der Waals surface area contributed by atoms with Crippen molar-refractivity contribution in [3.05, 3.63) is 71.1 Å². The number of hydrogen-bond donors (Lipinski definition) is 0. The van der Waals surface area contributed by atoms with Gasteiger partial charge in [0.2, 0.25) is 11.8 Å². The molecular weight excluding hydrogens is 390 g/mol. The van der Waals surface area contributed by atoms with Gasteiger partial charge in [-0.1, -0.05) is 41.9 Å². The molecule has 0 unspecified atom stereocenters. The molecule has 1 spiro atoms. The van der Waals surface area contributed by atoms with E-state index in [4.69, 9.17) is 25.5 Å². The molecular formula is C22H22ClN3O3. The molecule has 5 rings (SSSR count).